The fourth-order valence-corrected chi connectivity index (χ4v) is 4.62. The first-order valence-corrected chi connectivity index (χ1v) is 10.5. The van der Waals surface area contributed by atoms with Crippen molar-refractivity contribution in [3.05, 3.63) is 45.8 Å². The summed E-state index contributed by atoms with van der Waals surface area (Å²) in [6.45, 7) is 6.79. The van der Waals surface area contributed by atoms with Gasteiger partial charge in [-0.3, -0.25) is 9.69 Å². The maximum absolute atomic E-state index is 12.5. The van der Waals surface area contributed by atoms with Crippen molar-refractivity contribution in [2.24, 2.45) is 0 Å². The van der Waals surface area contributed by atoms with Gasteiger partial charge in [0.2, 0.25) is 0 Å². The van der Waals surface area contributed by atoms with E-state index in [1.165, 1.54) is 10.4 Å². The van der Waals surface area contributed by atoms with Gasteiger partial charge in [-0.15, -0.1) is 11.3 Å². The van der Waals surface area contributed by atoms with Crippen LogP contribution in [0.2, 0.25) is 0 Å². The number of aromatic nitrogens is 1. The molecule has 0 aliphatic carbocycles. The summed E-state index contributed by atoms with van der Waals surface area (Å²) in [5, 5.41) is 3.61. The number of amides is 1. The third kappa shape index (κ3) is 4.66. The van der Waals surface area contributed by atoms with Crippen LogP contribution in [0.5, 0.6) is 0 Å². The van der Waals surface area contributed by atoms with Crippen molar-refractivity contribution in [1.29, 1.82) is 0 Å². The highest BCUT2D eigenvalue weighted by molar-refractivity contribution is 7.14. The van der Waals surface area contributed by atoms with Crippen LogP contribution >= 0.6 is 11.3 Å². The summed E-state index contributed by atoms with van der Waals surface area (Å²) in [6, 6.07) is 10.4. The van der Waals surface area contributed by atoms with Crippen LogP contribution in [0.4, 0.5) is 5.82 Å². The van der Waals surface area contributed by atoms with Crippen molar-refractivity contribution < 1.29 is 9.53 Å². The largest absolute Gasteiger partial charge is 0.379 e. The van der Waals surface area contributed by atoms with E-state index in [4.69, 9.17) is 9.72 Å². The average molecular weight is 387 g/mol. The molecular weight excluding hydrogens is 360 g/mol. The SMILES string of the molecule is O=C(NCCN1CCOCC1)c1nc2c(s1)CCCN2Cc1ccccc1. The van der Waals surface area contributed by atoms with Crippen molar-refractivity contribution in [2.45, 2.75) is 19.4 Å². The lowest BCUT2D eigenvalue weighted by molar-refractivity contribution is 0.0383. The molecule has 2 aromatic rings. The number of aryl methyl sites for hydroxylation is 1. The number of ether oxygens (including phenoxy) is 1. The number of hydrogen-bond donors (Lipinski definition) is 1. The molecule has 27 heavy (non-hydrogen) atoms. The quantitative estimate of drug-likeness (QED) is 0.825. The molecule has 7 heteroatoms. The standard InChI is InChI=1S/C20H26N4O2S/c25-19(21-8-10-23-11-13-26-14-12-23)20-22-18-17(27-20)7-4-9-24(18)15-16-5-2-1-3-6-16/h1-3,5-6H,4,7-15H2,(H,21,25). The second-order valence-corrected chi connectivity index (χ2v) is 8.07. The van der Waals surface area contributed by atoms with Crippen molar-refractivity contribution in [3.63, 3.8) is 0 Å². The van der Waals surface area contributed by atoms with Crippen molar-refractivity contribution in [1.82, 2.24) is 15.2 Å². The van der Waals surface area contributed by atoms with Crippen LogP contribution in [-0.2, 0) is 17.7 Å². The lowest BCUT2D eigenvalue weighted by Crippen LogP contribution is -2.41. The molecule has 0 radical (unpaired) electrons. The number of carbonyl (C=O) groups is 1. The third-order valence-electron chi connectivity index (χ3n) is 5.04. The normalized spacial score (nSPS) is 17.6. The predicted molar refractivity (Wildman–Crippen MR) is 108 cm³/mol. The van der Waals surface area contributed by atoms with Gasteiger partial charge in [0.05, 0.1) is 13.2 Å². The maximum atomic E-state index is 12.5. The molecule has 144 valence electrons. The fourth-order valence-electron chi connectivity index (χ4n) is 3.57. The van der Waals surface area contributed by atoms with E-state index in [1.807, 2.05) is 6.07 Å². The zero-order valence-electron chi connectivity index (χ0n) is 15.5. The summed E-state index contributed by atoms with van der Waals surface area (Å²) in [4.78, 5) is 23.1. The Bertz CT molecular complexity index is 759. The monoisotopic (exact) mass is 386 g/mol. The van der Waals surface area contributed by atoms with Gasteiger partial charge in [0.25, 0.3) is 5.91 Å². The summed E-state index contributed by atoms with van der Waals surface area (Å²) in [7, 11) is 0. The van der Waals surface area contributed by atoms with E-state index >= 15 is 0 Å². The van der Waals surface area contributed by atoms with Crippen LogP contribution in [-0.4, -0.2) is 61.7 Å². The summed E-state index contributed by atoms with van der Waals surface area (Å²) in [6.07, 6.45) is 2.12. The fraction of sp³-hybridized carbons (Fsp3) is 0.500. The summed E-state index contributed by atoms with van der Waals surface area (Å²) in [5.74, 6) is 0.941. The molecule has 0 bridgehead atoms. The van der Waals surface area contributed by atoms with Crippen LogP contribution < -0.4 is 10.2 Å². The van der Waals surface area contributed by atoms with Crippen molar-refractivity contribution >= 4 is 23.1 Å². The number of anilines is 1. The van der Waals surface area contributed by atoms with Gasteiger partial charge in [0.15, 0.2) is 5.01 Å². The summed E-state index contributed by atoms with van der Waals surface area (Å²) in [5.41, 5.74) is 1.27. The highest BCUT2D eigenvalue weighted by atomic mass is 32.1. The molecule has 2 aliphatic rings. The molecule has 6 nitrogen and oxygen atoms in total. The van der Waals surface area contributed by atoms with E-state index in [9.17, 15) is 4.79 Å². The molecule has 0 spiro atoms. The Morgan fingerprint density at radius 2 is 2.00 bits per heavy atom. The van der Waals surface area contributed by atoms with E-state index < -0.39 is 0 Å². The average Bonchev–Trinajstić information content (AvgIpc) is 3.15. The van der Waals surface area contributed by atoms with E-state index in [1.54, 1.807) is 11.3 Å². The Balaban J connectivity index is 1.36. The third-order valence-corrected chi connectivity index (χ3v) is 6.14. The van der Waals surface area contributed by atoms with E-state index in [2.05, 4.69) is 39.4 Å². The van der Waals surface area contributed by atoms with Crippen molar-refractivity contribution in [2.75, 3.05) is 50.8 Å². The molecule has 3 heterocycles. The zero-order chi connectivity index (χ0) is 18.5. The first kappa shape index (κ1) is 18.4. The molecule has 1 aromatic carbocycles. The Morgan fingerprint density at radius 3 is 2.81 bits per heavy atom. The van der Waals surface area contributed by atoms with Gasteiger partial charge in [0, 0.05) is 44.1 Å². The minimum absolute atomic E-state index is 0.0534. The van der Waals surface area contributed by atoms with Crippen LogP contribution in [0.3, 0.4) is 0 Å². The molecule has 1 aromatic heterocycles. The number of thiazole rings is 1. The molecular formula is C20H26N4O2S. The maximum Gasteiger partial charge on any atom is 0.280 e. The summed E-state index contributed by atoms with van der Waals surface area (Å²) >= 11 is 1.55. The van der Waals surface area contributed by atoms with Gasteiger partial charge < -0.3 is 15.0 Å². The molecule has 1 fully saturated rings. The van der Waals surface area contributed by atoms with Gasteiger partial charge >= 0.3 is 0 Å². The Labute approximate surface area is 164 Å². The predicted octanol–water partition coefficient (Wildman–Crippen LogP) is 2.16. The van der Waals surface area contributed by atoms with Gasteiger partial charge in [-0.25, -0.2) is 4.98 Å². The van der Waals surface area contributed by atoms with Gasteiger partial charge in [-0.05, 0) is 18.4 Å². The number of hydrogen-bond acceptors (Lipinski definition) is 6. The number of fused-ring (bicyclic) bond motifs is 1. The lowest BCUT2D eigenvalue weighted by atomic mass is 10.1. The number of carbonyl (C=O) groups excluding carboxylic acids is 1. The van der Waals surface area contributed by atoms with E-state index in [0.29, 0.717) is 11.6 Å². The molecule has 4 rings (SSSR count). The van der Waals surface area contributed by atoms with E-state index in [0.717, 1.165) is 64.6 Å². The van der Waals surface area contributed by atoms with Crippen LogP contribution in [0.1, 0.15) is 26.7 Å². The van der Waals surface area contributed by atoms with Crippen molar-refractivity contribution in [3.8, 4) is 0 Å². The Hall–Kier alpha value is -1.96. The second kappa shape index (κ2) is 8.82. The molecule has 0 atom stereocenters. The van der Waals surface area contributed by atoms with E-state index in [-0.39, 0.29) is 5.91 Å². The van der Waals surface area contributed by atoms with Crippen LogP contribution in [0.15, 0.2) is 30.3 Å². The van der Waals surface area contributed by atoms with Crippen LogP contribution in [0.25, 0.3) is 0 Å². The van der Waals surface area contributed by atoms with Gasteiger partial charge in [-0.1, -0.05) is 30.3 Å². The molecule has 1 saturated heterocycles. The van der Waals surface area contributed by atoms with Crippen LogP contribution in [0, 0.1) is 0 Å². The van der Waals surface area contributed by atoms with Gasteiger partial charge in [-0.2, -0.15) is 0 Å². The number of nitrogens with zero attached hydrogens (tertiary/aromatic N) is 3. The highest BCUT2D eigenvalue weighted by Gasteiger charge is 2.24. The smallest absolute Gasteiger partial charge is 0.280 e. The molecule has 0 unspecified atom stereocenters. The first-order chi connectivity index (χ1) is 13.3. The topological polar surface area (TPSA) is 57.7 Å². The Morgan fingerprint density at radius 1 is 1.19 bits per heavy atom. The molecule has 0 saturated carbocycles. The minimum atomic E-state index is -0.0534. The first-order valence-electron chi connectivity index (χ1n) is 9.66. The number of benzene rings is 1. The van der Waals surface area contributed by atoms with Gasteiger partial charge in [0.1, 0.15) is 5.82 Å². The highest BCUT2D eigenvalue weighted by Crippen LogP contribution is 2.32. The summed E-state index contributed by atoms with van der Waals surface area (Å²) < 4.78 is 5.35. The molecule has 1 amide bonds. The number of nitrogens with one attached hydrogen (secondary N) is 1. The zero-order valence-corrected chi connectivity index (χ0v) is 16.3. The number of rotatable bonds is 6. The minimum Gasteiger partial charge on any atom is -0.379 e. The molecule has 2 aliphatic heterocycles. The Kier molecular flexibility index (Phi) is 6.01. The molecule has 1 N–H and O–H groups in total. The second-order valence-electron chi connectivity index (χ2n) is 6.99. The lowest BCUT2D eigenvalue weighted by Gasteiger charge is -2.27. The number of morpholine rings is 1.